The van der Waals surface area contributed by atoms with E-state index < -0.39 is 6.10 Å². The van der Waals surface area contributed by atoms with Crippen LogP contribution < -0.4 is 15.7 Å². The van der Waals surface area contributed by atoms with Gasteiger partial charge < -0.3 is 19.2 Å². The minimum Gasteiger partial charge on any atom is -0.480 e. The molecule has 2 aromatic rings. The summed E-state index contributed by atoms with van der Waals surface area (Å²) in [6.45, 7) is 8.34. The minimum absolute atomic E-state index is 0.149. The largest absolute Gasteiger partial charge is 0.480 e. The number of amides is 1. The highest BCUT2D eigenvalue weighted by molar-refractivity contribution is 5.89. The number of nitrogens with one attached hydrogen (secondary N) is 1. The second-order valence-electron chi connectivity index (χ2n) is 8.20. The average Bonchev–Trinajstić information content (AvgIpc) is 2.74. The van der Waals surface area contributed by atoms with Gasteiger partial charge in [-0.15, -0.1) is 0 Å². The Balaban J connectivity index is 1.49. The SMILES string of the molecule is Cc1cc(O[C@H](C)C(=O)NCCN2CCOCC2)c2c3c(c(=O)oc2c1)CCCC3. The number of ether oxygens (including phenoxy) is 2. The molecule has 2 aliphatic rings. The summed E-state index contributed by atoms with van der Waals surface area (Å²) < 4.78 is 17.1. The molecule has 2 heterocycles. The second kappa shape index (κ2) is 9.18. The van der Waals surface area contributed by atoms with Crippen LogP contribution in [0.4, 0.5) is 0 Å². The fraction of sp³-hybridized carbons (Fsp3) is 0.565. The lowest BCUT2D eigenvalue weighted by molar-refractivity contribution is -0.127. The van der Waals surface area contributed by atoms with Crippen molar-refractivity contribution in [1.29, 1.82) is 0 Å². The van der Waals surface area contributed by atoms with Crippen LogP contribution in [0, 0.1) is 6.92 Å². The summed E-state index contributed by atoms with van der Waals surface area (Å²) in [4.78, 5) is 27.3. The Morgan fingerprint density at radius 3 is 2.70 bits per heavy atom. The van der Waals surface area contributed by atoms with Crippen LogP contribution in [0.3, 0.4) is 0 Å². The smallest absolute Gasteiger partial charge is 0.339 e. The van der Waals surface area contributed by atoms with Crippen molar-refractivity contribution >= 4 is 16.9 Å². The van der Waals surface area contributed by atoms with Crippen molar-refractivity contribution in [2.45, 2.75) is 45.6 Å². The molecule has 30 heavy (non-hydrogen) atoms. The normalized spacial score (nSPS) is 18.1. The number of aryl methyl sites for hydroxylation is 2. The van der Waals surface area contributed by atoms with E-state index in [1.807, 2.05) is 19.1 Å². The summed E-state index contributed by atoms with van der Waals surface area (Å²) in [6.07, 6.45) is 2.95. The Morgan fingerprint density at radius 1 is 1.20 bits per heavy atom. The molecular weight excluding hydrogens is 384 g/mol. The van der Waals surface area contributed by atoms with E-state index in [9.17, 15) is 9.59 Å². The van der Waals surface area contributed by atoms with Gasteiger partial charge in [0.05, 0.1) is 18.6 Å². The average molecular weight is 415 g/mol. The van der Waals surface area contributed by atoms with E-state index in [0.717, 1.165) is 80.6 Å². The van der Waals surface area contributed by atoms with Gasteiger partial charge >= 0.3 is 5.63 Å². The zero-order valence-corrected chi connectivity index (χ0v) is 17.8. The predicted octanol–water partition coefficient (Wildman–Crippen LogP) is 2.20. The predicted molar refractivity (Wildman–Crippen MR) is 114 cm³/mol. The zero-order valence-electron chi connectivity index (χ0n) is 17.8. The van der Waals surface area contributed by atoms with Crippen molar-refractivity contribution in [2.75, 3.05) is 39.4 Å². The van der Waals surface area contributed by atoms with Crippen LogP contribution in [0.1, 0.15) is 36.5 Å². The van der Waals surface area contributed by atoms with Gasteiger partial charge in [0.1, 0.15) is 11.3 Å². The Hall–Kier alpha value is -2.38. The van der Waals surface area contributed by atoms with Gasteiger partial charge in [0.15, 0.2) is 6.10 Å². The first-order valence-electron chi connectivity index (χ1n) is 10.9. The Labute approximate surface area is 176 Å². The van der Waals surface area contributed by atoms with Crippen molar-refractivity contribution in [1.82, 2.24) is 10.2 Å². The topological polar surface area (TPSA) is 81.0 Å². The van der Waals surface area contributed by atoms with Gasteiger partial charge in [-0.25, -0.2) is 4.79 Å². The summed E-state index contributed by atoms with van der Waals surface area (Å²) in [7, 11) is 0. The van der Waals surface area contributed by atoms with Gasteiger partial charge in [0.2, 0.25) is 0 Å². The summed E-state index contributed by atoms with van der Waals surface area (Å²) in [5.74, 6) is 0.465. The van der Waals surface area contributed by atoms with Crippen molar-refractivity contribution in [3.8, 4) is 5.75 Å². The van der Waals surface area contributed by atoms with E-state index in [0.29, 0.717) is 17.9 Å². The molecule has 1 amide bonds. The molecule has 1 saturated heterocycles. The quantitative estimate of drug-likeness (QED) is 0.730. The third-order valence-corrected chi connectivity index (χ3v) is 5.93. The molecule has 1 aromatic carbocycles. The lowest BCUT2D eigenvalue weighted by atomic mass is 9.90. The maximum absolute atomic E-state index is 12.6. The molecule has 1 aromatic heterocycles. The molecule has 1 N–H and O–H groups in total. The number of carbonyl (C=O) groups excluding carboxylic acids is 1. The number of carbonyl (C=O) groups is 1. The maximum Gasteiger partial charge on any atom is 0.339 e. The summed E-state index contributed by atoms with van der Waals surface area (Å²) >= 11 is 0. The van der Waals surface area contributed by atoms with Crippen molar-refractivity contribution in [3.05, 3.63) is 39.2 Å². The molecular formula is C23H30N2O5. The molecule has 1 aliphatic carbocycles. The van der Waals surface area contributed by atoms with Crippen LogP contribution in [0.2, 0.25) is 0 Å². The van der Waals surface area contributed by atoms with Gasteiger partial charge in [0.25, 0.3) is 5.91 Å². The summed E-state index contributed by atoms with van der Waals surface area (Å²) in [6, 6.07) is 3.79. The third kappa shape index (κ3) is 4.52. The number of hydrogen-bond donors (Lipinski definition) is 1. The van der Waals surface area contributed by atoms with E-state index in [1.165, 1.54) is 0 Å². The summed E-state index contributed by atoms with van der Waals surface area (Å²) in [5.41, 5.74) is 2.99. The number of fused-ring (bicyclic) bond motifs is 3. The van der Waals surface area contributed by atoms with Crippen molar-refractivity contribution in [3.63, 3.8) is 0 Å². The fourth-order valence-corrected chi connectivity index (χ4v) is 4.31. The highest BCUT2D eigenvalue weighted by atomic mass is 16.5. The van der Waals surface area contributed by atoms with Crippen LogP contribution >= 0.6 is 0 Å². The number of morpholine rings is 1. The van der Waals surface area contributed by atoms with Crippen LogP contribution in [0.15, 0.2) is 21.3 Å². The van der Waals surface area contributed by atoms with E-state index in [2.05, 4.69) is 10.2 Å². The first-order valence-corrected chi connectivity index (χ1v) is 10.9. The molecule has 0 bridgehead atoms. The van der Waals surface area contributed by atoms with Crippen molar-refractivity contribution in [2.24, 2.45) is 0 Å². The maximum atomic E-state index is 12.6. The van der Waals surface area contributed by atoms with Gasteiger partial charge in [-0.2, -0.15) is 0 Å². The standard InChI is InChI=1S/C23H30N2O5/c1-15-13-19(21-17-5-3-4-6-18(17)23(27)30-20(21)14-15)29-16(2)22(26)24-7-8-25-9-11-28-12-10-25/h13-14,16H,3-12H2,1-2H3,(H,24,26)/t16-/m1/s1. The Morgan fingerprint density at radius 2 is 1.93 bits per heavy atom. The number of nitrogens with zero attached hydrogens (tertiary/aromatic N) is 1. The van der Waals surface area contributed by atoms with Crippen LogP contribution in [0.25, 0.3) is 11.0 Å². The summed E-state index contributed by atoms with van der Waals surface area (Å²) in [5, 5.41) is 3.80. The van der Waals surface area contributed by atoms with Crippen LogP contribution in [-0.2, 0) is 22.4 Å². The van der Waals surface area contributed by atoms with Gasteiger partial charge in [-0.3, -0.25) is 9.69 Å². The highest BCUT2D eigenvalue weighted by Gasteiger charge is 2.23. The van der Waals surface area contributed by atoms with Gasteiger partial charge in [-0.1, -0.05) is 0 Å². The molecule has 0 unspecified atom stereocenters. The minimum atomic E-state index is -0.647. The Bertz CT molecular complexity index is 978. The molecule has 7 heteroatoms. The molecule has 0 spiro atoms. The molecule has 1 fully saturated rings. The number of hydrogen-bond acceptors (Lipinski definition) is 6. The van der Waals surface area contributed by atoms with Crippen LogP contribution in [-0.4, -0.2) is 56.3 Å². The molecule has 7 nitrogen and oxygen atoms in total. The van der Waals surface area contributed by atoms with Crippen molar-refractivity contribution < 1.29 is 18.7 Å². The van der Waals surface area contributed by atoms with E-state index >= 15 is 0 Å². The number of rotatable bonds is 6. The molecule has 162 valence electrons. The first-order chi connectivity index (χ1) is 14.5. The molecule has 1 atom stereocenters. The van der Waals surface area contributed by atoms with Gasteiger partial charge in [-0.05, 0) is 62.8 Å². The van der Waals surface area contributed by atoms with Gasteiger partial charge in [0, 0.05) is 31.7 Å². The Kier molecular flexibility index (Phi) is 6.39. The second-order valence-corrected chi connectivity index (χ2v) is 8.20. The molecule has 1 aliphatic heterocycles. The molecule has 0 saturated carbocycles. The van der Waals surface area contributed by atoms with Crippen LogP contribution in [0.5, 0.6) is 5.75 Å². The zero-order chi connectivity index (χ0) is 21.1. The van der Waals surface area contributed by atoms with E-state index in [1.54, 1.807) is 6.92 Å². The molecule has 4 rings (SSSR count). The molecule has 0 radical (unpaired) electrons. The van der Waals surface area contributed by atoms with E-state index in [-0.39, 0.29) is 11.5 Å². The van der Waals surface area contributed by atoms with E-state index in [4.69, 9.17) is 13.9 Å². The third-order valence-electron chi connectivity index (χ3n) is 5.93. The number of benzene rings is 1. The lowest BCUT2D eigenvalue weighted by Crippen LogP contribution is -2.43. The monoisotopic (exact) mass is 414 g/mol. The lowest BCUT2D eigenvalue weighted by Gasteiger charge is -2.26. The first kappa shape index (κ1) is 20.9. The fourth-order valence-electron chi connectivity index (χ4n) is 4.31. The highest BCUT2D eigenvalue weighted by Crippen LogP contribution is 2.35.